The molecule has 0 aliphatic rings. The Morgan fingerprint density at radius 3 is 1.81 bits per heavy atom. The average Bonchev–Trinajstić information content (AvgIpc) is 2.86. The van der Waals surface area contributed by atoms with Crippen molar-refractivity contribution in [2.45, 2.75) is 58.0 Å². The fourth-order valence-corrected chi connectivity index (χ4v) is 4.14. The number of aliphatic hydroxyl groups excluding tert-OH is 1. The van der Waals surface area contributed by atoms with Gasteiger partial charge in [0.15, 0.2) is 17.6 Å². The van der Waals surface area contributed by atoms with Gasteiger partial charge in [0.05, 0.1) is 20.3 Å². The molecular weight excluding hydrogens is 454 g/mol. The highest BCUT2D eigenvalue weighted by Gasteiger charge is 2.35. The lowest BCUT2D eigenvalue weighted by molar-refractivity contribution is -0.169. The van der Waals surface area contributed by atoms with Gasteiger partial charge in [0, 0.05) is 13.1 Å². The summed E-state index contributed by atoms with van der Waals surface area (Å²) in [7, 11) is 3.18. The van der Waals surface area contributed by atoms with Gasteiger partial charge in [0.25, 0.3) is 0 Å². The van der Waals surface area contributed by atoms with Gasteiger partial charge in [0.1, 0.15) is 5.60 Å². The van der Waals surface area contributed by atoms with E-state index in [-0.39, 0.29) is 0 Å². The largest absolute Gasteiger partial charge is 0.493 e. The van der Waals surface area contributed by atoms with Crippen LogP contribution in [0.5, 0.6) is 11.5 Å². The summed E-state index contributed by atoms with van der Waals surface area (Å²) in [5.41, 5.74) is 2.37. The molecule has 0 radical (unpaired) electrons. The molecule has 0 aromatic heterocycles. The third-order valence-corrected chi connectivity index (χ3v) is 5.83. The molecule has 192 valence electrons. The van der Waals surface area contributed by atoms with Crippen molar-refractivity contribution in [3.8, 4) is 11.5 Å². The molecule has 0 aliphatic carbocycles. The maximum Gasteiger partial charge on any atom is 0.337 e. The minimum atomic E-state index is -1.36. The van der Waals surface area contributed by atoms with Gasteiger partial charge < -0.3 is 19.3 Å². The maximum absolute atomic E-state index is 13.1. The summed E-state index contributed by atoms with van der Waals surface area (Å²) in [6, 6.07) is 25.2. The molecule has 2 unspecified atom stereocenters. The average molecular weight is 492 g/mol. The minimum absolute atomic E-state index is 0.403. The normalized spacial score (nSPS) is 13.2. The number of carbonyl (C=O) groups is 1. The Morgan fingerprint density at radius 1 is 0.806 bits per heavy atom. The second-order valence-corrected chi connectivity index (χ2v) is 9.82. The minimum Gasteiger partial charge on any atom is -0.493 e. The summed E-state index contributed by atoms with van der Waals surface area (Å²) in [4.78, 5) is 15.2. The van der Waals surface area contributed by atoms with E-state index in [4.69, 9.17) is 14.2 Å². The van der Waals surface area contributed by atoms with Gasteiger partial charge in [0.2, 0.25) is 0 Å². The summed E-state index contributed by atoms with van der Waals surface area (Å²) in [5.74, 6) is 0.577. The van der Waals surface area contributed by atoms with Gasteiger partial charge in [-0.05, 0) is 56.0 Å². The van der Waals surface area contributed by atoms with Crippen molar-refractivity contribution >= 4 is 5.97 Å². The van der Waals surface area contributed by atoms with Crippen LogP contribution in [-0.4, -0.2) is 47.9 Å². The van der Waals surface area contributed by atoms with Crippen molar-refractivity contribution in [3.05, 3.63) is 95.6 Å². The SMILES string of the molecule is COc1ccc(CC(C(O)C(=O)OC(C)(C)C)N(Cc2ccccc2)Cc2ccccc2)cc1OC. The lowest BCUT2D eigenvalue weighted by atomic mass is 9.97. The number of carbonyl (C=O) groups excluding carboxylic acids is 1. The molecule has 0 spiro atoms. The zero-order valence-corrected chi connectivity index (χ0v) is 21.8. The number of methoxy groups -OCH3 is 2. The van der Waals surface area contributed by atoms with E-state index in [1.165, 1.54) is 0 Å². The molecule has 0 saturated heterocycles. The van der Waals surface area contributed by atoms with Gasteiger partial charge in [-0.25, -0.2) is 4.79 Å². The van der Waals surface area contributed by atoms with Crippen LogP contribution in [0.4, 0.5) is 0 Å². The van der Waals surface area contributed by atoms with Crippen molar-refractivity contribution in [2.75, 3.05) is 14.2 Å². The predicted octanol–water partition coefficient (Wildman–Crippen LogP) is 5.02. The highest BCUT2D eigenvalue weighted by Crippen LogP contribution is 2.29. The fraction of sp³-hybridized carbons (Fsp3) is 0.367. The molecule has 0 bridgehead atoms. The van der Waals surface area contributed by atoms with Crippen LogP contribution in [0.3, 0.4) is 0 Å². The van der Waals surface area contributed by atoms with Crippen LogP contribution >= 0.6 is 0 Å². The standard InChI is InChI=1S/C30H37NO5/c1-30(2,3)36-29(33)28(32)25(18-24-16-17-26(34-4)27(19-24)35-5)31(20-22-12-8-6-9-13-22)21-23-14-10-7-11-15-23/h6-17,19,25,28,32H,18,20-21H2,1-5H3. The smallest absolute Gasteiger partial charge is 0.337 e. The molecule has 0 amide bonds. The van der Waals surface area contributed by atoms with Gasteiger partial charge in [-0.1, -0.05) is 66.7 Å². The predicted molar refractivity (Wildman–Crippen MR) is 141 cm³/mol. The number of nitrogens with zero attached hydrogens (tertiary/aromatic N) is 1. The van der Waals surface area contributed by atoms with E-state index in [1.54, 1.807) is 35.0 Å². The number of hydrogen-bond acceptors (Lipinski definition) is 6. The van der Waals surface area contributed by atoms with E-state index in [0.717, 1.165) is 16.7 Å². The van der Waals surface area contributed by atoms with Crippen molar-refractivity contribution in [2.24, 2.45) is 0 Å². The van der Waals surface area contributed by atoms with Gasteiger partial charge in [-0.3, -0.25) is 4.90 Å². The fourth-order valence-electron chi connectivity index (χ4n) is 4.14. The molecule has 0 aliphatic heterocycles. The van der Waals surface area contributed by atoms with Crippen LogP contribution in [0.1, 0.15) is 37.5 Å². The van der Waals surface area contributed by atoms with E-state index < -0.39 is 23.7 Å². The van der Waals surface area contributed by atoms with E-state index in [2.05, 4.69) is 4.90 Å². The number of benzene rings is 3. The quantitative estimate of drug-likeness (QED) is 0.380. The van der Waals surface area contributed by atoms with Gasteiger partial charge in [-0.2, -0.15) is 0 Å². The van der Waals surface area contributed by atoms with Crippen molar-refractivity contribution < 1.29 is 24.1 Å². The molecule has 1 N–H and O–H groups in total. The van der Waals surface area contributed by atoms with E-state index in [0.29, 0.717) is 31.0 Å². The van der Waals surface area contributed by atoms with Crippen LogP contribution in [0.15, 0.2) is 78.9 Å². The van der Waals surface area contributed by atoms with Crippen LogP contribution in [0, 0.1) is 0 Å². The topological polar surface area (TPSA) is 68.2 Å². The Kier molecular flexibility index (Phi) is 9.51. The third-order valence-electron chi connectivity index (χ3n) is 5.83. The van der Waals surface area contributed by atoms with E-state index in [9.17, 15) is 9.90 Å². The molecule has 0 saturated carbocycles. The third kappa shape index (κ3) is 7.83. The Balaban J connectivity index is 2.01. The van der Waals surface area contributed by atoms with E-state index in [1.807, 2.05) is 78.9 Å². The molecule has 6 heteroatoms. The summed E-state index contributed by atoms with van der Waals surface area (Å²) in [5, 5.41) is 11.4. The molecule has 3 rings (SSSR count). The van der Waals surface area contributed by atoms with Gasteiger partial charge in [-0.15, -0.1) is 0 Å². The monoisotopic (exact) mass is 491 g/mol. The number of ether oxygens (including phenoxy) is 3. The highest BCUT2D eigenvalue weighted by molar-refractivity contribution is 5.75. The zero-order valence-electron chi connectivity index (χ0n) is 21.8. The summed E-state index contributed by atoms with van der Waals surface area (Å²) in [6.45, 7) is 6.49. The van der Waals surface area contributed by atoms with Crippen LogP contribution in [-0.2, 0) is 29.0 Å². The first-order chi connectivity index (χ1) is 17.2. The molecule has 0 heterocycles. The van der Waals surface area contributed by atoms with Crippen molar-refractivity contribution in [1.82, 2.24) is 4.90 Å². The number of hydrogen-bond donors (Lipinski definition) is 1. The molecule has 36 heavy (non-hydrogen) atoms. The maximum atomic E-state index is 13.1. The first kappa shape index (κ1) is 27.2. The van der Waals surface area contributed by atoms with Crippen molar-refractivity contribution in [3.63, 3.8) is 0 Å². The van der Waals surface area contributed by atoms with Gasteiger partial charge >= 0.3 is 5.97 Å². The second kappa shape index (κ2) is 12.6. The second-order valence-electron chi connectivity index (χ2n) is 9.82. The van der Waals surface area contributed by atoms with E-state index >= 15 is 0 Å². The zero-order chi connectivity index (χ0) is 26.1. The number of rotatable bonds is 11. The Labute approximate surface area is 214 Å². The van der Waals surface area contributed by atoms with Crippen LogP contribution in [0.2, 0.25) is 0 Å². The van der Waals surface area contributed by atoms with Crippen LogP contribution < -0.4 is 9.47 Å². The summed E-state index contributed by atoms with van der Waals surface area (Å²) < 4.78 is 16.5. The van der Waals surface area contributed by atoms with Crippen LogP contribution in [0.25, 0.3) is 0 Å². The Hall–Kier alpha value is -3.35. The number of esters is 1. The van der Waals surface area contributed by atoms with Crippen molar-refractivity contribution in [1.29, 1.82) is 0 Å². The molecule has 6 nitrogen and oxygen atoms in total. The Bertz CT molecular complexity index is 1050. The molecular formula is C30H37NO5. The highest BCUT2D eigenvalue weighted by atomic mass is 16.6. The first-order valence-electron chi connectivity index (χ1n) is 12.1. The summed E-state index contributed by atoms with van der Waals surface area (Å²) in [6.07, 6.45) is -0.954. The molecule has 3 aromatic rings. The molecule has 3 aromatic carbocycles. The lowest BCUT2D eigenvalue weighted by Crippen LogP contribution is -2.49. The Morgan fingerprint density at radius 2 is 1.33 bits per heavy atom. The number of aliphatic hydroxyl groups is 1. The molecule has 0 fully saturated rings. The molecule has 2 atom stereocenters. The first-order valence-corrected chi connectivity index (χ1v) is 12.1. The summed E-state index contributed by atoms with van der Waals surface area (Å²) >= 11 is 0. The lowest BCUT2D eigenvalue weighted by Gasteiger charge is -2.35.